The van der Waals surface area contributed by atoms with Gasteiger partial charge in [-0.25, -0.2) is 9.97 Å². The quantitative estimate of drug-likeness (QED) is 0.803. The molecule has 0 spiro atoms. The van der Waals surface area contributed by atoms with Crippen LogP contribution in [0.5, 0.6) is 0 Å². The molecule has 0 saturated heterocycles. The minimum atomic E-state index is 0.0122. The summed E-state index contributed by atoms with van der Waals surface area (Å²) in [5.41, 5.74) is 7.20. The molecule has 0 unspecified atom stereocenters. The van der Waals surface area contributed by atoms with Crippen LogP contribution in [0.3, 0.4) is 0 Å². The molecule has 6 heteroatoms. The number of amides is 1. The number of nitrogens with one attached hydrogen (secondary N) is 1. The van der Waals surface area contributed by atoms with E-state index >= 15 is 0 Å². The maximum absolute atomic E-state index is 11.7. The first-order chi connectivity index (χ1) is 9.11. The largest absolute Gasteiger partial charge is 0.399 e. The average molecular weight is 259 g/mol. The Kier molecular flexibility index (Phi) is 3.79. The molecular weight excluding hydrogens is 242 g/mol. The number of hydrogen-bond donors (Lipinski definition) is 2. The Morgan fingerprint density at radius 2 is 2.21 bits per heavy atom. The first-order valence-electron chi connectivity index (χ1n) is 6.10. The van der Waals surface area contributed by atoms with Gasteiger partial charge in [-0.1, -0.05) is 0 Å². The van der Waals surface area contributed by atoms with Gasteiger partial charge in [0, 0.05) is 24.7 Å². The van der Waals surface area contributed by atoms with Crippen LogP contribution in [0.15, 0.2) is 24.5 Å². The van der Waals surface area contributed by atoms with E-state index in [0.717, 1.165) is 10.9 Å². The summed E-state index contributed by atoms with van der Waals surface area (Å²) in [5, 5.41) is 3.85. The van der Waals surface area contributed by atoms with Crippen molar-refractivity contribution in [1.82, 2.24) is 14.9 Å². The lowest BCUT2D eigenvalue weighted by molar-refractivity contribution is -0.127. The molecule has 1 heterocycles. The van der Waals surface area contributed by atoms with Crippen LogP contribution in [-0.4, -0.2) is 40.9 Å². The van der Waals surface area contributed by atoms with Crippen LogP contribution < -0.4 is 11.1 Å². The highest BCUT2D eigenvalue weighted by Crippen LogP contribution is 2.21. The fraction of sp³-hybridized carbons (Fsp3) is 0.308. The molecule has 3 N–H and O–H groups in total. The molecule has 0 atom stereocenters. The van der Waals surface area contributed by atoms with Crippen molar-refractivity contribution in [3.63, 3.8) is 0 Å². The molecule has 0 aliphatic rings. The van der Waals surface area contributed by atoms with Gasteiger partial charge in [0.2, 0.25) is 5.91 Å². The van der Waals surface area contributed by atoms with Gasteiger partial charge in [0.15, 0.2) is 0 Å². The first-order valence-corrected chi connectivity index (χ1v) is 6.10. The smallest absolute Gasteiger partial charge is 0.241 e. The molecule has 100 valence electrons. The number of hydrogen-bond acceptors (Lipinski definition) is 5. The Balaban J connectivity index is 2.21. The summed E-state index contributed by atoms with van der Waals surface area (Å²) < 4.78 is 0. The lowest BCUT2D eigenvalue weighted by Gasteiger charge is -2.15. The minimum Gasteiger partial charge on any atom is -0.399 e. The molecule has 0 fully saturated rings. The van der Waals surface area contributed by atoms with Crippen LogP contribution in [0.25, 0.3) is 10.9 Å². The average Bonchev–Trinajstić information content (AvgIpc) is 2.43. The predicted molar refractivity (Wildman–Crippen MR) is 75.8 cm³/mol. The van der Waals surface area contributed by atoms with Gasteiger partial charge in [-0.2, -0.15) is 0 Å². The number of nitrogens with zero attached hydrogens (tertiary/aromatic N) is 3. The molecule has 1 aromatic heterocycles. The van der Waals surface area contributed by atoms with Gasteiger partial charge in [-0.05, 0) is 25.1 Å². The molecular formula is C13H17N5O. The summed E-state index contributed by atoms with van der Waals surface area (Å²) in [6, 6.07) is 5.42. The zero-order valence-corrected chi connectivity index (χ0v) is 11.1. The van der Waals surface area contributed by atoms with Crippen LogP contribution in [0.1, 0.15) is 6.92 Å². The summed E-state index contributed by atoms with van der Waals surface area (Å²) in [4.78, 5) is 21.7. The monoisotopic (exact) mass is 259 g/mol. The fourth-order valence-electron chi connectivity index (χ4n) is 1.69. The highest BCUT2D eigenvalue weighted by Gasteiger charge is 2.08. The van der Waals surface area contributed by atoms with Gasteiger partial charge in [0.1, 0.15) is 12.1 Å². The van der Waals surface area contributed by atoms with Crippen molar-refractivity contribution in [2.75, 3.05) is 31.2 Å². The van der Waals surface area contributed by atoms with E-state index in [1.165, 1.54) is 6.33 Å². The molecule has 0 bridgehead atoms. The van der Waals surface area contributed by atoms with Crippen molar-refractivity contribution < 1.29 is 4.79 Å². The van der Waals surface area contributed by atoms with E-state index in [-0.39, 0.29) is 12.5 Å². The van der Waals surface area contributed by atoms with Crippen molar-refractivity contribution in [3.05, 3.63) is 24.5 Å². The number of carbonyl (C=O) groups excluding carboxylic acids is 1. The van der Waals surface area contributed by atoms with Crippen molar-refractivity contribution in [2.45, 2.75) is 6.92 Å². The van der Waals surface area contributed by atoms with Gasteiger partial charge in [-0.3, -0.25) is 4.79 Å². The normalized spacial score (nSPS) is 10.4. The molecule has 1 amide bonds. The highest BCUT2D eigenvalue weighted by molar-refractivity contribution is 5.92. The lowest BCUT2D eigenvalue weighted by Crippen LogP contribution is -2.32. The van der Waals surface area contributed by atoms with Gasteiger partial charge in [0.05, 0.1) is 12.1 Å². The van der Waals surface area contributed by atoms with Gasteiger partial charge in [0.25, 0.3) is 0 Å². The molecule has 2 rings (SSSR count). The molecule has 0 aliphatic heterocycles. The van der Waals surface area contributed by atoms with Crippen molar-refractivity contribution in [3.8, 4) is 0 Å². The predicted octanol–water partition coefficient (Wildman–Crippen LogP) is 1.10. The summed E-state index contributed by atoms with van der Waals surface area (Å²) in [5.74, 6) is 0.633. The number of nitrogen functional groups attached to an aromatic ring is 1. The second kappa shape index (κ2) is 5.51. The Morgan fingerprint density at radius 3 is 2.95 bits per heavy atom. The number of fused-ring (bicyclic) bond motifs is 1. The topological polar surface area (TPSA) is 84.1 Å². The summed E-state index contributed by atoms with van der Waals surface area (Å²) in [6.45, 7) is 2.81. The lowest BCUT2D eigenvalue weighted by atomic mass is 10.2. The van der Waals surface area contributed by atoms with Crippen molar-refractivity contribution in [1.29, 1.82) is 0 Å². The SMILES string of the molecule is CCN(C)C(=O)CNc1ncnc2ccc(N)cc12. The van der Waals surface area contributed by atoms with Crippen LogP contribution in [-0.2, 0) is 4.79 Å². The van der Waals surface area contributed by atoms with Gasteiger partial charge in [-0.15, -0.1) is 0 Å². The minimum absolute atomic E-state index is 0.0122. The van der Waals surface area contributed by atoms with Gasteiger partial charge < -0.3 is 16.0 Å². The maximum atomic E-state index is 11.7. The zero-order chi connectivity index (χ0) is 13.8. The molecule has 1 aromatic carbocycles. The summed E-state index contributed by atoms with van der Waals surface area (Å²) >= 11 is 0. The van der Waals surface area contributed by atoms with E-state index in [1.54, 1.807) is 24.1 Å². The van der Waals surface area contributed by atoms with Crippen LogP contribution >= 0.6 is 0 Å². The second-order valence-corrected chi connectivity index (χ2v) is 4.26. The van der Waals surface area contributed by atoms with E-state index in [2.05, 4.69) is 15.3 Å². The Labute approximate surface area is 111 Å². The second-order valence-electron chi connectivity index (χ2n) is 4.26. The third-order valence-corrected chi connectivity index (χ3v) is 2.97. The zero-order valence-electron chi connectivity index (χ0n) is 11.1. The van der Waals surface area contributed by atoms with E-state index < -0.39 is 0 Å². The number of carbonyl (C=O) groups is 1. The number of aromatic nitrogens is 2. The molecule has 0 aliphatic carbocycles. The third kappa shape index (κ3) is 2.90. The van der Waals surface area contributed by atoms with E-state index in [9.17, 15) is 4.79 Å². The van der Waals surface area contributed by atoms with Crippen LogP contribution in [0, 0.1) is 0 Å². The number of anilines is 2. The number of rotatable bonds is 4. The summed E-state index contributed by atoms with van der Waals surface area (Å²) in [7, 11) is 1.76. The number of nitrogens with two attached hydrogens (primary N) is 1. The Hall–Kier alpha value is -2.37. The van der Waals surface area contributed by atoms with Gasteiger partial charge >= 0.3 is 0 Å². The standard InChI is InChI=1S/C13H17N5O/c1-3-18(2)12(19)7-15-13-10-6-9(14)4-5-11(10)16-8-17-13/h4-6,8H,3,7,14H2,1-2H3,(H,15,16,17). The molecule has 6 nitrogen and oxygen atoms in total. The number of likely N-dealkylation sites (N-methyl/N-ethyl adjacent to an activating group) is 1. The van der Waals surface area contributed by atoms with Crippen LogP contribution in [0.4, 0.5) is 11.5 Å². The maximum Gasteiger partial charge on any atom is 0.241 e. The molecule has 0 saturated carbocycles. The fourth-order valence-corrected chi connectivity index (χ4v) is 1.69. The van der Waals surface area contributed by atoms with Crippen molar-refractivity contribution in [2.24, 2.45) is 0 Å². The van der Waals surface area contributed by atoms with Crippen LogP contribution in [0.2, 0.25) is 0 Å². The number of benzene rings is 1. The van der Waals surface area contributed by atoms with E-state index in [1.807, 2.05) is 13.0 Å². The Morgan fingerprint density at radius 1 is 1.42 bits per heavy atom. The summed E-state index contributed by atoms with van der Waals surface area (Å²) in [6.07, 6.45) is 1.47. The molecule has 0 radical (unpaired) electrons. The van der Waals surface area contributed by atoms with Crippen molar-refractivity contribution >= 4 is 28.3 Å². The third-order valence-electron chi connectivity index (χ3n) is 2.97. The highest BCUT2D eigenvalue weighted by atomic mass is 16.2. The van der Waals surface area contributed by atoms with E-state index in [4.69, 9.17) is 5.73 Å². The molecule has 19 heavy (non-hydrogen) atoms. The van der Waals surface area contributed by atoms with E-state index in [0.29, 0.717) is 18.1 Å². The first kappa shape index (κ1) is 13.1. The Bertz CT molecular complexity index is 599. The molecule has 2 aromatic rings.